The third kappa shape index (κ3) is 6.53. The average molecular weight is 313 g/mol. The van der Waals surface area contributed by atoms with Gasteiger partial charge in [0.25, 0.3) is 0 Å². The molecule has 0 aromatic heterocycles. The molecule has 1 heterocycles. The summed E-state index contributed by atoms with van der Waals surface area (Å²) < 4.78 is 5.43. The van der Waals surface area contributed by atoms with Gasteiger partial charge in [-0.15, -0.1) is 0 Å². The minimum atomic E-state index is -0.227. The Morgan fingerprint density at radius 2 is 2.09 bits per heavy atom. The van der Waals surface area contributed by atoms with Crippen LogP contribution in [0.2, 0.25) is 0 Å². The molecule has 0 aromatic carbocycles. The third-order valence-electron chi connectivity index (χ3n) is 4.50. The van der Waals surface area contributed by atoms with Gasteiger partial charge in [0.05, 0.1) is 12.1 Å². The number of hydrogen-bond acceptors (Lipinski definition) is 3. The standard InChI is InChI=1S/C17H36N4O/c1-7-18-16(20-13-17(4,5)22-6)19-12-15(3)21-11-9-8-10-14(21)2/h14-15H,7-13H2,1-6H3,(H2,18,19,20). The SMILES string of the molecule is CCNC(=NCC(C)(C)OC)NCC(C)N1CCCCC1C. The van der Waals surface area contributed by atoms with Gasteiger partial charge in [-0.1, -0.05) is 6.42 Å². The molecule has 0 aromatic rings. The van der Waals surface area contributed by atoms with E-state index in [9.17, 15) is 0 Å². The number of guanidine groups is 1. The highest BCUT2D eigenvalue weighted by atomic mass is 16.5. The van der Waals surface area contributed by atoms with E-state index in [2.05, 4.69) is 55.1 Å². The molecule has 2 unspecified atom stereocenters. The molecule has 0 aliphatic carbocycles. The van der Waals surface area contributed by atoms with Crippen LogP contribution in [0.25, 0.3) is 0 Å². The second-order valence-corrected chi connectivity index (χ2v) is 6.97. The van der Waals surface area contributed by atoms with E-state index in [0.717, 1.165) is 19.0 Å². The summed E-state index contributed by atoms with van der Waals surface area (Å²) in [6.45, 7) is 14.5. The smallest absolute Gasteiger partial charge is 0.191 e. The summed E-state index contributed by atoms with van der Waals surface area (Å²) in [5.74, 6) is 0.879. The second-order valence-electron chi connectivity index (χ2n) is 6.97. The van der Waals surface area contributed by atoms with E-state index >= 15 is 0 Å². The Bertz CT molecular complexity index is 344. The minimum Gasteiger partial charge on any atom is -0.377 e. The van der Waals surface area contributed by atoms with Gasteiger partial charge in [-0.25, -0.2) is 0 Å². The molecule has 0 bridgehead atoms. The fourth-order valence-electron chi connectivity index (χ4n) is 2.81. The summed E-state index contributed by atoms with van der Waals surface area (Å²) in [5, 5.41) is 6.79. The summed E-state index contributed by atoms with van der Waals surface area (Å²) in [6, 6.07) is 1.21. The van der Waals surface area contributed by atoms with E-state index in [-0.39, 0.29) is 5.60 Å². The first-order valence-electron chi connectivity index (χ1n) is 8.72. The first-order valence-corrected chi connectivity index (χ1v) is 8.72. The Morgan fingerprint density at radius 3 is 2.68 bits per heavy atom. The van der Waals surface area contributed by atoms with E-state index < -0.39 is 0 Å². The van der Waals surface area contributed by atoms with Gasteiger partial charge in [-0.3, -0.25) is 9.89 Å². The van der Waals surface area contributed by atoms with Crippen molar-refractivity contribution in [2.45, 2.75) is 71.6 Å². The third-order valence-corrected chi connectivity index (χ3v) is 4.50. The normalized spacial score (nSPS) is 22.5. The van der Waals surface area contributed by atoms with Crippen molar-refractivity contribution in [2.75, 3.05) is 33.3 Å². The Kier molecular flexibility index (Phi) is 8.18. The average Bonchev–Trinajstić information content (AvgIpc) is 2.50. The number of rotatable bonds is 7. The molecule has 2 atom stereocenters. The van der Waals surface area contributed by atoms with Gasteiger partial charge in [0.1, 0.15) is 0 Å². The molecule has 0 amide bonds. The number of ether oxygens (including phenoxy) is 1. The molecule has 2 N–H and O–H groups in total. The molecular formula is C17H36N4O. The fraction of sp³-hybridized carbons (Fsp3) is 0.941. The van der Waals surface area contributed by atoms with Gasteiger partial charge < -0.3 is 15.4 Å². The Balaban J connectivity index is 2.50. The molecule has 0 spiro atoms. The van der Waals surface area contributed by atoms with Crippen LogP contribution < -0.4 is 10.6 Å². The van der Waals surface area contributed by atoms with Crippen LogP contribution in [-0.2, 0) is 4.74 Å². The molecule has 0 saturated carbocycles. The lowest BCUT2D eigenvalue weighted by Crippen LogP contribution is -2.50. The monoisotopic (exact) mass is 312 g/mol. The first-order chi connectivity index (χ1) is 10.4. The molecule has 130 valence electrons. The highest BCUT2D eigenvalue weighted by Crippen LogP contribution is 2.18. The van der Waals surface area contributed by atoms with Crippen LogP contribution in [-0.4, -0.2) is 61.8 Å². The van der Waals surface area contributed by atoms with Crippen molar-refractivity contribution in [3.63, 3.8) is 0 Å². The number of piperidine rings is 1. The summed E-state index contributed by atoms with van der Waals surface area (Å²) in [6.07, 6.45) is 4.01. The van der Waals surface area contributed by atoms with Crippen molar-refractivity contribution >= 4 is 5.96 Å². The maximum atomic E-state index is 5.43. The van der Waals surface area contributed by atoms with Crippen molar-refractivity contribution in [2.24, 2.45) is 4.99 Å². The molecule has 1 fully saturated rings. The van der Waals surface area contributed by atoms with E-state index in [1.165, 1.54) is 25.8 Å². The topological polar surface area (TPSA) is 48.9 Å². The maximum Gasteiger partial charge on any atom is 0.191 e. The molecule has 1 aliphatic rings. The highest BCUT2D eigenvalue weighted by molar-refractivity contribution is 5.79. The summed E-state index contributed by atoms with van der Waals surface area (Å²) in [7, 11) is 1.73. The molecule has 5 heteroatoms. The zero-order valence-corrected chi connectivity index (χ0v) is 15.4. The number of hydrogen-bond donors (Lipinski definition) is 2. The van der Waals surface area contributed by atoms with Crippen molar-refractivity contribution in [1.29, 1.82) is 0 Å². The van der Waals surface area contributed by atoms with Crippen molar-refractivity contribution < 1.29 is 4.74 Å². The first kappa shape index (κ1) is 19.2. The van der Waals surface area contributed by atoms with Gasteiger partial charge in [-0.05, 0) is 54.0 Å². The molecule has 1 aliphatic heterocycles. The maximum absolute atomic E-state index is 5.43. The molecule has 22 heavy (non-hydrogen) atoms. The molecule has 1 saturated heterocycles. The van der Waals surface area contributed by atoms with Gasteiger partial charge in [0.15, 0.2) is 5.96 Å². The predicted molar refractivity (Wildman–Crippen MR) is 94.6 cm³/mol. The number of aliphatic imine (C=N–C) groups is 1. The summed E-state index contributed by atoms with van der Waals surface area (Å²) in [5.41, 5.74) is -0.227. The van der Waals surface area contributed by atoms with Crippen LogP contribution in [0.3, 0.4) is 0 Å². The van der Waals surface area contributed by atoms with E-state index in [4.69, 9.17) is 4.74 Å². The van der Waals surface area contributed by atoms with Gasteiger partial charge >= 0.3 is 0 Å². The zero-order valence-electron chi connectivity index (χ0n) is 15.4. The summed E-state index contributed by atoms with van der Waals surface area (Å²) >= 11 is 0. The number of nitrogens with zero attached hydrogens (tertiary/aromatic N) is 2. The largest absolute Gasteiger partial charge is 0.377 e. The van der Waals surface area contributed by atoms with Gasteiger partial charge in [0.2, 0.25) is 0 Å². The van der Waals surface area contributed by atoms with E-state index in [0.29, 0.717) is 18.6 Å². The molecule has 0 radical (unpaired) electrons. The van der Waals surface area contributed by atoms with Crippen molar-refractivity contribution in [3.8, 4) is 0 Å². The molecular weight excluding hydrogens is 276 g/mol. The molecule has 1 rings (SSSR count). The Labute approximate surface area is 136 Å². The second kappa shape index (κ2) is 9.36. The summed E-state index contributed by atoms with van der Waals surface area (Å²) in [4.78, 5) is 7.25. The zero-order chi connectivity index (χ0) is 16.6. The highest BCUT2D eigenvalue weighted by Gasteiger charge is 2.23. The lowest BCUT2D eigenvalue weighted by atomic mass is 10.0. The van der Waals surface area contributed by atoms with Crippen LogP contribution >= 0.6 is 0 Å². The Hall–Kier alpha value is -0.810. The Morgan fingerprint density at radius 1 is 1.36 bits per heavy atom. The van der Waals surface area contributed by atoms with Crippen molar-refractivity contribution in [1.82, 2.24) is 15.5 Å². The number of methoxy groups -OCH3 is 1. The molecule has 5 nitrogen and oxygen atoms in total. The van der Waals surface area contributed by atoms with Crippen LogP contribution in [0.15, 0.2) is 4.99 Å². The van der Waals surface area contributed by atoms with Gasteiger partial charge in [0, 0.05) is 32.3 Å². The lowest BCUT2D eigenvalue weighted by molar-refractivity contribution is 0.0310. The van der Waals surface area contributed by atoms with Crippen LogP contribution in [0, 0.1) is 0 Å². The number of likely N-dealkylation sites (tertiary alicyclic amines) is 1. The number of nitrogens with one attached hydrogen (secondary N) is 2. The van der Waals surface area contributed by atoms with E-state index in [1.807, 2.05) is 0 Å². The lowest BCUT2D eigenvalue weighted by Gasteiger charge is -2.38. The van der Waals surface area contributed by atoms with Crippen molar-refractivity contribution in [3.05, 3.63) is 0 Å². The minimum absolute atomic E-state index is 0.227. The quantitative estimate of drug-likeness (QED) is 0.559. The van der Waals surface area contributed by atoms with Crippen LogP contribution in [0.1, 0.15) is 53.9 Å². The van der Waals surface area contributed by atoms with Crippen LogP contribution in [0.5, 0.6) is 0 Å². The van der Waals surface area contributed by atoms with Gasteiger partial charge in [-0.2, -0.15) is 0 Å². The van der Waals surface area contributed by atoms with Crippen LogP contribution in [0.4, 0.5) is 0 Å². The van der Waals surface area contributed by atoms with E-state index in [1.54, 1.807) is 7.11 Å². The predicted octanol–water partition coefficient (Wildman–Crippen LogP) is 2.23. The fourth-order valence-corrected chi connectivity index (χ4v) is 2.81.